The van der Waals surface area contributed by atoms with Crippen molar-refractivity contribution >= 4 is 0 Å². The lowest BCUT2D eigenvalue weighted by atomic mass is 9.94. The fourth-order valence-electron chi connectivity index (χ4n) is 3.19. The molecule has 0 radical (unpaired) electrons. The van der Waals surface area contributed by atoms with E-state index >= 15 is 0 Å². The van der Waals surface area contributed by atoms with Crippen LogP contribution in [0.2, 0.25) is 0 Å². The van der Waals surface area contributed by atoms with E-state index in [4.69, 9.17) is 0 Å². The minimum absolute atomic E-state index is 0.883. The third kappa shape index (κ3) is 1.50. The number of nitrogens with one attached hydrogen (secondary N) is 1. The fraction of sp³-hybridized carbons (Fsp3) is 1.00. The van der Waals surface area contributed by atoms with Crippen LogP contribution >= 0.6 is 0 Å². The van der Waals surface area contributed by atoms with Crippen LogP contribution in [0.15, 0.2) is 0 Å². The maximum Gasteiger partial charge on any atom is 0.0226 e. The Morgan fingerprint density at radius 3 is 2.46 bits per heavy atom. The van der Waals surface area contributed by atoms with Gasteiger partial charge in [-0.3, -0.25) is 4.90 Å². The SMILES string of the molecule is C1C[C@H]2CCNC[C@@H](C1)N2C1CC1. The number of fused-ring (bicyclic) bond motifs is 2. The summed E-state index contributed by atoms with van der Waals surface area (Å²) in [6.45, 7) is 2.51. The summed E-state index contributed by atoms with van der Waals surface area (Å²) in [7, 11) is 0. The van der Waals surface area contributed by atoms with Crippen molar-refractivity contribution in [2.45, 2.75) is 56.7 Å². The van der Waals surface area contributed by atoms with E-state index in [2.05, 4.69) is 10.2 Å². The monoisotopic (exact) mass is 180 g/mol. The van der Waals surface area contributed by atoms with Gasteiger partial charge in [0.25, 0.3) is 0 Å². The van der Waals surface area contributed by atoms with Gasteiger partial charge in [-0.2, -0.15) is 0 Å². The lowest BCUT2D eigenvalue weighted by Gasteiger charge is -2.40. The highest BCUT2D eigenvalue weighted by molar-refractivity contribution is 4.97. The van der Waals surface area contributed by atoms with Gasteiger partial charge in [0.05, 0.1) is 0 Å². The standard InChI is InChI=1S/C11H20N2/c1-2-9-6-7-12-8-11(3-1)13(9)10-4-5-10/h9-12H,1-8H2/t9-,11+/m0/s1. The zero-order valence-electron chi connectivity index (χ0n) is 8.34. The molecule has 2 saturated heterocycles. The first-order valence-electron chi connectivity index (χ1n) is 5.93. The third-order valence-electron chi connectivity index (χ3n) is 3.92. The molecule has 0 aromatic rings. The topological polar surface area (TPSA) is 15.3 Å². The van der Waals surface area contributed by atoms with Gasteiger partial charge in [-0.25, -0.2) is 0 Å². The van der Waals surface area contributed by atoms with Crippen LogP contribution in [0.25, 0.3) is 0 Å². The van der Waals surface area contributed by atoms with Crippen LogP contribution in [0.4, 0.5) is 0 Å². The second kappa shape index (κ2) is 3.25. The summed E-state index contributed by atoms with van der Waals surface area (Å²) in [5.41, 5.74) is 0. The molecule has 3 fully saturated rings. The van der Waals surface area contributed by atoms with Gasteiger partial charge in [-0.1, -0.05) is 6.42 Å². The lowest BCUT2D eigenvalue weighted by molar-refractivity contribution is 0.0846. The number of hydrogen-bond donors (Lipinski definition) is 1. The maximum absolute atomic E-state index is 3.59. The summed E-state index contributed by atoms with van der Waals surface area (Å²) < 4.78 is 0. The van der Waals surface area contributed by atoms with E-state index in [9.17, 15) is 0 Å². The quantitative estimate of drug-likeness (QED) is 0.655. The Kier molecular flexibility index (Phi) is 2.06. The molecule has 0 aromatic heterocycles. The molecule has 13 heavy (non-hydrogen) atoms. The van der Waals surface area contributed by atoms with E-state index in [1.54, 1.807) is 0 Å². The number of nitrogens with zero attached hydrogens (tertiary/aromatic N) is 1. The minimum Gasteiger partial charge on any atom is -0.315 e. The molecule has 2 heteroatoms. The largest absolute Gasteiger partial charge is 0.315 e. The lowest BCUT2D eigenvalue weighted by Crippen LogP contribution is -2.48. The van der Waals surface area contributed by atoms with E-state index in [-0.39, 0.29) is 0 Å². The molecule has 3 rings (SSSR count). The van der Waals surface area contributed by atoms with Crippen molar-refractivity contribution in [1.29, 1.82) is 0 Å². The van der Waals surface area contributed by atoms with Gasteiger partial charge in [0.1, 0.15) is 0 Å². The van der Waals surface area contributed by atoms with Crippen LogP contribution in [-0.2, 0) is 0 Å². The summed E-state index contributed by atoms with van der Waals surface area (Å²) >= 11 is 0. The molecule has 3 aliphatic rings. The summed E-state index contributed by atoms with van der Waals surface area (Å²) in [5, 5.41) is 3.59. The van der Waals surface area contributed by atoms with Gasteiger partial charge in [-0.15, -0.1) is 0 Å². The van der Waals surface area contributed by atoms with Crippen LogP contribution in [0.5, 0.6) is 0 Å². The summed E-state index contributed by atoms with van der Waals surface area (Å²) in [6, 6.07) is 2.80. The number of hydrogen-bond acceptors (Lipinski definition) is 2. The predicted molar refractivity (Wildman–Crippen MR) is 53.8 cm³/mol. The van der Waals surface area contributed by atoms with Crippen molar-refractivity contribution in [2.75, 3.05) is 13.1 Å². The van der Waals surface area contributed by atoms with Gasteiger partial charge in [0.15, 0.2) is 0 Å². The molecule has 1 saturated carbocycles. The minimum atomic E-state index is 0.883. The van der Waals surface area contributed by atoms with Crippen molar-refractivity contribution in [1.82, 2.24) is 10.2 Å². The van der Waals surface area contributed by atoms with Crippen LogP contribution in [0.1, 0.15) is 38.5 Å². The Morgan fingerprint density at radius 1 is 0.846 bits per heavy atom. The maximum atomic E-state index is 3.59. The van der Waals surface area contributed by atoms with Gasteiger partial charge in [0.2, 0.25) is 0 Å². The summed E-state index contributed by atoms with van der Waals surface area (Å²) in [6.07, 6.45) is 8.74. The molecule has 1 N–H and O–H groups in total. The van der Waals surface area contributed by atoms with E-state index < -0.39 is 0 Å². The molecular weight excluding hydrogens is 160 g/mol. The molecule has 2 bridgehead atoms. The zero-order valence-corrected chi connectivity index (χ0v) is 8.34. The number of rotatable bonds is 1. The van der Waals surface area contributed by atoms with Crippen molar-refractivity contribution in [3.8, 4) is 0 Å². The Labute approximate surface area is 80.7 Å². The van der Waals surface area contributed by atoms with E-state index in [0.717, 1.165) is 18.1 Å². The van der Waals surface area contributed by atoms with E-state index in [1.165, 1.54) is 51.6 Å². The summed E-state index contributed by atoms with van der Waals surface area (Å²) in [5.74, 6) is 0. The van der Waals surface area contributed by atoms with Crippen LogP contribution in [0, 0.1) is 0 Å². The van der Waals surface area contributed by atoms with Gasteiger partial charge in [-0.05, 0) is 38.6 Å². The highest BCUT2D eigenvalue weighted by Gasteiger charge is 2.40. The van der Waals surface area contributed by atoms with Crippen LogP contribution < -0.4 is 5.32 Å². The Bertz CT molecular complexity index is 175. The first kappa shape index (κ1) is 8.25. The molecule has 2 aliphatic heterocycles. The molecule has 0 amide bonds. The Hall–Kier alpha value is -0.0800. The first-order valence-corrected chi connectivity index (χ1v) is 5.93. The molecule has 2 nitrogen and oxygen atoms in total. The first-order chi connectivity index (χ1) is 6.45. The molecule has 0 spiro atoms. The van der Waals surface area contributed by atoms with E-state index in [0.29, 0.717) is 0 Å². The second-order valence-corrected chi connectivity index (χ2v) is 4.91. The molecule has 0 unspecified atom stereocenters. The van der Waals surface area contributed by atoms with Gasteiger partial charge < -0.3 is 5.32 Å². The van der Waals surface area contributed by atoms with Crippen LogP contribution in [0.3, 0.4) is 0 Å². The van der Waals surface area contributed by atoms with Crippen molar-refractivity contribution in [2.24, 2.45) is 0 Å². The Morgan fingerprint density at radius 2 is 1.62 bits per heavy atom. The highest BCUT2D eigenvalue weighted by Crippen LogP contribution is 2.37. The number of piperidine rings is 1. The molecule has 0 aromatic carbocycles. The Balaban J connectivity index is 1.79. The van der Waals surface area contributed by atoms with Crippen molar-refractivity contribution < 1.29 is 0 Å². The van der Waals surface area contributed by atoms with Crippen molar-refractivity contribution in [3.05, 3.63) is 0 Å². The fourth-order valence-corrected chi connectivity index (χ4v) is 3.19. The van der Waals surface area contributed by atoms with Gasteiger partial charge >= 0.3 is 0 Å². The van der Waals surface area contributed by atoms with Crippen molar-refractivity contribution in [3.63, 3.8) is 0 Å². The molecule has 2 heterocycles. The zero-order chi connectivity index (χ0) is 8.67. The molecule has 74 valence electrons. The summed E-state index contributed by atoms with van der Waals surface area (Å²) in [4.78, 5) is 2.86. The van der Waals surface area contributed by atoms with Crippen LogP contribution in [-0.4, -0.2) is 36.1 Å². The average molecular weight is 180 g/mol. The van der Waals surface area contributed by atoms with E-state index in [1.807, 2.05) is 0 Å². The molecular formula is C11H20N2. The highest BCUT2D eigenvalue weighted by atomic mass is 15.3. The molecule has 2 atom stereocenters. The predicted octanol–water partition coefficient (Wildman–Crippen LogP) is 1.37. The smallest absolute Gasteiger partial charge is 0.0226 e. The van der Waals surface area contributed by atoms with Gasteiger partial charge in [0, 0.05) is 24.7 Å². The molecule has 1 aliphatic carbocycles. The average Bonchev–Trinajstić information content (AvgIpc) is 2.93. The normalized spacial score (nSPS) is 41.5. The second-order valence-electron chi connectivity index (χ2n) is 4.91. The third-order valence-corrected chi connectivity index (χ3v) is 3.92.